The maximum atomic E-state index is 14.6. The predicted octanol–water partition coefficient (Wildman–Crippen LogP) is 3.96. The summed E-state index contributed by atoms with van der Waals surface area (Å²) in [5.74, 6) is 0.108. The molecule has 2 aliphatic rings. The van der Waals surface area contributed by atoms with Crippen molar-refractivity contribution < 1.29 is 9.18 Å². The van der Waals surface area contributed by atoms with Crippen LogP contribution in [0.4, 0.5) is 4.39 Å². The van der Waals surface area contributed by atoms with Gasteiger partial charge in [0.2, 0.25) is 0 Å². The molecule has 1 aliphatic heterocycles. The highest BCUT2D eigenvalue weighted by Gasteiger charge is 2.42. The number of rotatable bonds is 2. The first kappa shape index (κ1) is 16.6. The van der Waals surface area contributed by atoms with Crippen LogP contribution in [0, 0.1) is 17.7 Å². The Balaban J connectivity index is 1.55. The molecule has 1 saturated heterocycles. The largest absolute Gasteiger partial charge is 0.338 e. The number of likely N-dealkylation sites (tertiary alicyclic amines) is 1. The van der Waals surface area contributed by atoms with Crippen LogP contribution in [0.3, 0.4) is 0 Å². The van der Waals surface area contributed by atoms with Crippen molar-refractivity contribution in [1.29, 1.82) is 0 Å². The average molecular weight is 359 g/mol. The van der Waals surface area contributed by atoms with Crippen molar-refractivity contribution in [3.05, 3.63) is 58.9 Å². The molecule has 25 heavy (non-hydrogen) atoms. The van der Waals surface area contributed by atoms with Gasteiger partial charge in [-0.3, -0.25) is 4.79 Å². The summed E-state index contributed by atoms with van der Waals surface area (Å²) in [6.45, 7) is 1.33. The van der Waals surface area contributed by atoms with Crippen LogP contribution >= 0.6 is 11.6 Å². The third kappa shape index (κ3) is 3.05. The Morgan fingerprint density at radius 1 is 1.08 bits per heavy atom. The topological polar surface area (TPSA) is 46.3 Å². The number of benzene rings is 2. The van der Waals surface area contributed by atoms with Gasteiger partial charge in [0.1, 0.15) is 5.82 Å². The van der Waals surface area contributed by atoms with Gasteiger partial charge in [0, 0.05) is 24.2 Å². The van der Waals surface area contributed by atoms with E-state index < -0.39 is 5.82 Å². The smallest absolute Gasteiger partial charge is 0.256 e. The van der Waals surface area contributed by atoms with Gasteiger partial charge in [-0.25, -0.2) is 4.39 Å². The van der Waals surface area contributed by atoms with Crippen molar-refractivity contribution >= 4 is 17.5 Å². The second-order valence-corrected chi connectivity index (χ2v) is 7.51. The minimum atomic E-state index is -0.487. The number of hydrogen-bond donors (Lipinski definition) is 1. The fourth-order valence-electron chi connectivity index (χ4n) is 4.15. The highest BCUT2D eigenvalue weighted by molar-refractivity contribution is 6.30. The van der Waals surface area contributed by atoms with Gasteiger partial charge in [-0.1, -0.05) is 29.8 Å². The van der Waals surface area contributed by atoms with Crippen LogP contribution in [0.15, 0.2) is 42.5 Å². The van der Waals surface area contributed by atoms with E-state index in [0.29, 0.717) is 29.9 Å². The summed E-state index contributed by atoms with van der Waals surface area (Å²) >= 11 is 5.89. The van der Waals surface area contributed by atoms with E-state index >= 15 is 0 Å². The van der Waals surface area contributed by atoms with Crippen LogP contribution in [0.1, 0.15) is 23.2 Å². The molecular weight excluding hydrogens is 339 g/mol. The van der Waals surface area contributed by atoms with Gasteiger partial charge >= 0.3 is 0 Å². The van der Waals surface area contributed by atoms with Crippen LogP contribution in [-0.2, 0) is 0 Å². The first-order valence-electron chi connectivity index (χ1n) is 8.63. The lowest BCUT2D eigenvalue weighted by atomic mass is 9.98. The number of halogens is 2. The predicted molar refractivity (Wildman–Crippen MR) is 96.9 cm³/mol. The van der Waals surface area contributed by atoms with Gasteiger partial charge < -0.3 is 10.6 Å². The van der Waals surface area contributed by atoms with Crippen LogP contribution < -0.4 is 5.73 Å². The maximum absolute atomic E-state index is 14.6. The van der Waals surface area contributed by atoms with Gasteiger partial charge in [-0.05, 0) is 60.1 Å². The molecule has 0 radical (unpaired) electrons. The molecule has 5 heteroatoms. The Bertz CT molecular complexity index is 808. The molecular formula is C20H20ClFN2O. The van der Waals surface area contributed by atoms with Gasteiger partial charge in [0.05, 0.1) is 5.56 Å². The van der Waals surface area contributed by atoms with Crippen molar-refractivity contribution in [2.45, 2.75) is 18.9 Å². The van der Waals surface area contributed by atoms with Crippen LogP contribution in [-0.4, -0.2) is 29.9 Å². The lowest BCUT2D eigenvalue weighted by molar-refractivity contribution is 0.0775. The molecule has 0 aromatic heterocycles. The number of nitrogens with zero attached hydrogens (tertiary/aromatic N) is 1. The second-order valence-electron chi connectivity index (χ2n) is 7.08. The molecule has 130 valence electrons. The van der Waals surface area contributed by atoms with Crippen LogP contribution in [0.2, 0.25) is 5.02 Å². The molecule has 1 aliphatic carbocycles. The standard InChI is InChI=1S/C20H20ClFN2O/c21-15-5-1-12(2-6-15)13-3-7-16(18(22)9-13)20(25)24-10-14-4-8-19(23)17(14)11-24/h1-3,5-7,9,14,17,19H,4,8,10-11,23H2. The minimum Gasteiger partial charge on any atom is -0.338 e. The van der Waals surface area contributed by atoms with Gasteiger partial charge in [0.25, 0.3) is 5.91 Å². The fourth-order valence-corrected chi connectivity index (χ4v) is 4.28. The monoisotopic (exact) mass is 358 g/mol. The van der Waals surface area contributed by atoms with Gasteiger partial charge in [0.15, 0.2) is 0 Å². The molecule has 2 fully saturated rings. The molecule has 3 nitrogen and oxygen atoms in total. The van der Waals surface area contributed by atoms with E-state index in [4.69, 9.17) is 17.3 Å². The van der Waals surface area contributed by atoms with E-state index in [-0.39, 0.29) is 17.5 Å². The number of nitrogens with two attached hydrogens (primary N) is 1. The number of fused-ring (bicyclic) bond motifs is 1. The summed E-state index contributed by atoms with van der Waals surface area (Å²) in [7, 11) is 0. The summed E-state index contributed by atoms with van der Waals surface area (Å²) in [5, 5.41) is 0.633. The molecule has 2 N–H and O–H groups in total. The zero-order valence-corrected chi connectivity index (χ0v) is 14.5. The van der Waals surface area contributed by atoms with E-state index in [2.05, 4.69) is 0 Å². The molecule has 0 bridgehead atoms. The zero-order valence-electron chi connectivity index (χ0n) is 13.8. The molecule has 1 saturated carbocycles. The summed E-state index contributed by atoms with van der Waals surface area (Å²) < 4.78 is 14.6. The number of carbonyl (C=O) groups is 1. The highest BCUT2D eigenvalue weighted by Crippen LogP contribution is 2.37. The number of hydrogen-bond acceptors (Lipinski definition) is 2. The van der Waals surface area contributed by atoms with E-state index in [1.54, 1.807) is 29.2 Å². The van der Waals surface area contributed by atoms with E-state index in [9.17, 15) is 9.18 Å². The third-order valence-corrected chi connectivity index (χ3v) is 5.83. The van der Waals surface area contributed by atoms with Crippen molar-refractivity contribution in [2.24, 2.45) is 17.6 Å². The molecule has 2 aromatic rings. The van der Waals surface area contributed by atoms with Crippen LogP contribution in [0.25, 0.3) is 11.1 Å². The molecule has 1 amide bonds. The third-order valence-electron chi connectivity index (χ3n) is 5.58. The van der Waals surface area contributed by atoms with Crippen molar-refractivity contribution in [1.82, 2.24) is 4.90 Å². The normalized spacial score (nSPS) is 25.2. The lowest BCUT2D eigenvalue weighted by Crippen LogP contribution is -2.33. The Kier molecular flexibility index (Phi) is 4.26. The Morgan fingerprint density at radius 3 is 2.48 bits per heavy atom. The quantitative estimate of drug-likeness (QED) is 0.883. The molecule has 3 atom stereocenters. The zero-order chi connectivity index (χ0) is 17.6. The van der Waals surface area contributed by atoms with E-state index in [1.165, 1.54) is 6.07 Å². The molecule has 0 spiro atoms. The van der Waals surface area contributed by atoms with Gasteiger partial charge in [-0.15, -0.1) is 0 Å². The van der Waals surface area contributed by atoms with E-state index in [1.807, 2.05) is 12.1 Å². The van der Waals surface area contributed by atoms with Crippen LogP contribution in [0.5, 0.6) is 0 Å². The lowest BCUT2D eigenvalue weighted by Gasteiger charge is -2.19. The molecule has 1 heterocycles. The Hall–Kier alpha value is -1.91. The molecule has 2 aromatic carbocycles. The summed E-state index contributed by atoms with van der Waals surface area (Å²) in [6, 6.07) is 12.1. The first-order chi connectivity index (χ1) is 12.0. The maximum Gasteiger partial charge on any atom is 0.256 e. The number of amides is 1. The Labute approximate surface area is 151 Å². The molecule has 4 rings (SSSR count). The summed E-state index contributed by atoms with van der Waals surface area (Å²) in [5.41, 5.74) is 7.85. The van der Waals surface area contributed by atoms with E-state index in [0.717, 1.165) is 24.0 Å². The minimum absolute atomic E-state index is 0.131. The fraction of sp³-hybridized carbons (Fsp3) is 0.350. The first-order valence-corrected chi connectivity index (χ1v) is 9.01. The summed E-state index contributed by atoms with van der Waals surface area (Å²) in [6.07, 6.45) is 2.09. The van der Waals surface area contributed by atoms with Crippen molar-refractivity contribution in [3.63, 3.8) is 0 Å². The SMILES string of the molecule is NC1CCC2CN(C(=O)c3ccc(-c4ccc(Cl)cc4)cc3F)CC12. The number of carbonyl (C=O) groups excluding carboxylic acids is 1. The summed E-state index contributed by atoms with van der Waals surface area (Å²) in [4.78, 5) is 14.5. The van der Waals surface area contributed by atoms with Gasteiger partial charge in [-0.2, -0.15) is 0 Å². The second kappa shape index (κ2) is 6.43. The van der Waals surface area contributed by atoms with Crippen molar-refractivity contribution in [3.8, 4) is 11.1 Å². The Morgan fingerprint density at radius 2 is 1.80 bits per heavy atom. The molecule has 3 unspecified atom stereocenters. The average Bonchev–Trinajstić information content (AvgIpc) is 3.17. The highest BCUT2D eigenvalue weighted by atomic mass is 35.5. The van der Waals surface area contributed by atoms with Crippen molar-refractivity contribution in [2.75, 3.05) is 13.1 Å².